The molecule has 3 aromatic heterocycles. The first-order valence-electron chi connectivity index (χ1n) is 13.0. The Morgan fingerprint density at radius 1 is 1.27 bits per heavy atom. The highest BCUT2D eigenvalue weighted by Gasteiger charge is 2.24. The number of anilines is 1. The van der Waals surface area contributed by atoms with Crippen LogP contribution in [0.15, 0.2) is 28.9 Å². The van der Waals surface area contributed by atoms with Gasteiger partial charge in [-0.3, -0.25) is 0 Å². The van der Waals surface area contributed by atoms with Crippen LogP contribution in [0.4, 0.5) is 11.5 Å². The summed E-state index contributed by atoms with van der Waals surface area (Å²) in [4.78, 5) is 7.23. The van der Waals surface area contributed by atoms with Gasteiger partial charge in [0.25, 0.3) is 0 Å². The SMILES string of the molecule is C[C@@H]1COCCN1c1cc(N=S2(=O)CCNCC2)c2cnn(-c3ccn(COCC[Si](C)(C)C)n3)c2n1. The van der Waals surface area contributed by atoms with Crippen molar-refractivity contribution in [2.24, 2.45) is 4.36 Å². The van der Waals surface area contributed by atoms with Crippen LogP contribution in [0.5, 0.6) is 0 Å². The fourth-order valence-corrected chi connectivity index (χ4v) is 7.04. The maximum absolute atomic E-state index is 13.5. The van der Waals surface area contributed by atoms with E-state index in [0.717, 1.165) is 30.4 Å². The Kier molecular flexibility index (Phi) is 7.68. The second kappa shape index (κ2) is 10.8. The van der Waals surface area contributed by atoms with Crippen LogP contribution >= 0.6 is 0 Å². The lowest BCUT2D eigenvalue weighted by atomic mass is 10.2. The molecule has 0 spiro atoms. The third-order valence-electron chi connectivity index (χ3n) is 6.69. The van der Waals surface area contributed by atoms with Crippen molar-refractivity contribution >= 4 is 40.3 Å². The average Bonchev–Trinajstić information content (AvgIpc) is 3.49. The molecule has 2 aliphatic rings. The summed E-state index contributed by atoms with van der Waals surface area (Å²) in [5.41, 5.74) is 1.32. The monoisotopic (exact) mass is 546 g/mol. The first-order valence-corrected chi connectivity index (χ1v) is 18.5. The molecule has 1 atom stereocenters. The number of ether oxygens (including phenoxy) is 2. The molecule has 0 radical (unpaired) electrons. The highest BCUT2D eigenvalue weighted by molar-refractivity contribution is 7.93. The molecule has 2 fully saturated rings. The van der Waals surface area contributed by atoms with Crippen molar-refractivity contribution in [3.63, 3.8) is 0 Å². The van der Waals surface area contributed by atoms with Crippen LogP contribution < -0.4 is 10.2 Å². The fraction of sp³-hybridized carbons (Fsp3) is 0.625. The van der Waals surface area contributed by atoms with Gasteiger partial charge in [0.15, 0.2) is 11.5 Å². The zero-order valence-electron chi connectivity index (χ0n) is 22.2. The quantitative estimate of drug-likeness (QED) is 0.339. The molecule has 1 N–H and O–H groups in total. The highest BCUT2D eigenvalue weighted by Crippen LogP contribution is 2.33. The molecule has 2 saturated heterocycles. The lowest BCUT2D eigenvalue weighted by Crippen LogP contribution is -2.44. The van der Waals surface area contributed by atoms with Gasteiger partial charge in [0.2, 0.25) is 0 Å². The predicted molar refractivity (Wildman–Crippen MR) is 149 cm³/mol. The minimum atomic E-state index is -2.35. The molecular formula is C24H38N8O3SSi. The van der Waals surface area contributed by atoms with Crippen LogP contribution in [-0.2, 0) is 25.9 Å². The molecule has 37 heavy (non-hydrogen) atoms. The Morgan fingerprint density at radius 3 is 2.84 bits per heavy atom. The van der Waals surface area contributed by atoms with Gasteiger partial charge in [0.1, 0.15) is 12.5 Å². The molecule has 202 valence electrons. The van der Waals surface area contributed by atoms with Crippen molar-refractivity contribution in [2.75, 3.05) is 55.9 Å². The smallest absolute Gasteiger partial charge is 0.177 e. The molecule has 5 heterocycles. The van der Waals surface area contributed by atoms with Gasteiger partial charge in [-0.05, 0) is 13.0 Å². The van der Waals surface area contributed by atoms with E-state index >= 15 is 0 Å². The Labute approximate surface area is 219 Å². The minimum absolute atomic E-state index is 0.169. The summed E-state index contributed by atoms with van der Waals surface area (Å²) in [6, 6.07) is 5.14. The van der Waals surface area contributed by atoms with E-state index in [1.807, 2.05) is 18.3 Å². The Morgan fingerprint density at radius 2 is 2.08 bits per heavy atom. The topological polar surface area (TPSA) is 112 Å². The Bertz CT molecular complexity index is 1350. The zero-order chi connectivity index (χ0) is 26.0. The third-order valence-corrected chi connectivity index (χ3v) is 10.6. The number of nitrogens with zero attached hydrogens (tertiary/aromatic N) is 7. The summed E-state index contributed by atoms with van der Waals surface area (Å²) >= 11 is 0. The molecule has 0 bridgehead atoms. The average molecular weight is 547 g/mol. The Hall–Kier alpha value is -2.32. The molecule has 0 unspecified atom stereocenters. The summed E-state index contributed by atoms with van der Waals surface area (Å²) in [6.07, 6.45) is 3.64. The fourth-order valence-electron chi connectivity index (χ4n) is 4.46. The van der Waals surface area contributed by atoms with Gasteiger partial charge in [-0.2, -0.15) is 19.2 Å². The molecule has 13 heteroatoms. The van der Waals surface area contributed by atoms with Crippen LogP contribution in [0.1, 0.15) is 6.92 Å². The summed E-state index contributed by atoms with van der Waals surface area (Å²) in [5.74, 6) is 2.52. The van der Waals surface area contributed by atoms with Crippen molar-refractivity contribution in [2.45, 2.75) is 45.4 Å². The van der Waals surface area contributed by atoms with Crippen LogP contribution in [-0.4, -0.2) is 93.8 Å². The molecule has 0 amide bonds. The number of fused-ring (bicyclic) bond motifs is 1. The summed E-state index contributed by atoms with van der Waals surface area (Å²) in [7, 11) is -3.49. The van der Waals surface area contributed by atoms with E-state index in [1.165, 1.54) is 0 Å². The van der Waals surface area contributed by atoms with E-state index in [-0.39, 0.29) is 6.04 Å². The number of morpholine rings is 1. The van der Waals surface area contributed by atoms with Gasteiger partial charge in [0, 0.05) is 64.2 Å². The van der Waals surface area contributed by atoms with Crippen LogP contribution in [0.2, 0.25) is 25.7 Å². The van der Waals surface area contributed by atoms with E-state index in [1.54, 1.807) is 15.6 Å². The van der Waals surface area contributed by atoms with Crippen molar-refractivity contribution < 1.29 is 13.7 Å². The van der Waals surface area contributed by atoms with Crippen molar-refractivity contribution in [3.8, 4) is 5.82 Å². The van der Waals surface area contributed by atoms with Crippen molar-refractivity contribution in [1.82, 2.24) is 29.9 Å². The van der Waals surface area contributed by atoms with E-state index in [2.05, 4.69) is 47.0 Å². The van der Waals surface area contributed by atoms with E-state index < -0.39 is 17.8 Å². The summed E-state index contributed by atoms with van der Waals surface area (Å²) in [5, 5.41) is 13.4. The molecule has 5 rings (SSSR count). The van der Waals surface area contributed by atoms with Gasteiger partial charge in [-0.15, -0.1) is 0 Å². The first kappa shape index (κ1) is 26.3. The van der Waals surface area contributed by atoms with Gasteiger partial charge >= 0.3 is 0 Å². The maximum atomic E-state index is 13.5. The standard InChI is InChI=1S/C24H38N8O3SSi/c1-19-17-34-10-9-31(19)23-15-21(29-36(33)12-6-25-7-13-36)20-16-26-32(24(20)27-23)22-5-8-30(28-22)18-35-11-14-37(2,3)4/h5,8,15-16,19,25H,6-7,9-14,17-18H2,1-4H3/t19-/m1/s1. The molecule has 0 aliphatic carbocycles. The van der Waals surface area contributed by atoms with E-state index in [0.29, 0.717) is 61.7 Å². The number of hydrogen-bond donors (Lipinski definition) is 1. The van der Waals surface area contributed by atoms with Gasteiger partial charge in [-0.25, -0.2) is 13.9 Å². The molecule has 0 saturated carbocycles. The van der Waals surface area contributed by atoms with E-state index in [4.69, 9.17) is 18.8 Å². The number of aromatic nitrogens is 5. The second-order valence-corrected chi connectivity index (χ2v) is 19.2. The Balaban J connectivity index is 1.50. The van der Waals surface area contributed by atoms with Crippen LogP contribution in [0.25, 0.3) is 16.9 Å². The molecular weight excluding hydrogens is 508 g/mol. The maximum Gasteiger partial charge on any atom is 0.177 e. The predicted octanol–water partition coefficient (Wildman–Crippen LogP) is 2.86. The van der Waals surface area contributed by atoms with Crippen molar-refractivity contribution in [3.05, 3.63) is 24.5 Å². The first-order chi connectivity index (χ1) is 17.7. The second-order valence-electron chi connectivity index (χ2n) is 11.0. The normalized spacial score (nSPS) is 20.4. The molecule has 11 nitrogen and oxygen atoms in total. The molecule has 2 aliphatic heterocycles. The molecule has 3 aromatic rings. The van der Waals surface area contributed by atoms with E-state index in [9.17, 15) is 4.21 Å². The largest absolute Gasteiger partial charge is 0.377 e. The number of rotatable bonds is 8. The number of hydrogen-bond acceptors (Lipinski definition) is 9. The van der Waals surface area contributed by atoms with Crippen LogP contribution in [0, 0.1) is 0 Å². The van der Waals surface area contributed by atoms with Crippen molar-refractivity contribution in [1.29, 1.82) is 0 Å². The van der Waals surface area contributed by atoms with Gasteiger partial charge < -0.3 is 19.7 Å². The highest BCUT2D eigenvalue weighted by atomic mass is 32.2. The number of pyridine rings is 1. The summed E-state index contributed by atoms with van der Waals surface area (Å²) < 4.78 is 33.4. The third kappa shape index (κ3) is 6.23. The summed E-state index contributed by atoms with van der Waals surface area (Å²) in [6.45, 7) is 13.7. The lowest BCUT2D eigenvalue weighted by Gasteiger charge is -2.34. The van der Waals surface area contributed by atoms with Gasteiger partial charge in [-0.1, -0.05) is 19.6 Å². The molecule has 0 aromatic carbocycles. The lowest BCUT2D eigenvalue weighted by molar-refractivity contribution is 0.0785. The number of nitrogens with one attached hydrogen (secondary N) is 1. The van der Waals surface area contributed by atoms with Crippen LogP contribution in [0.3, 0.4) is 0 Å². The zero-order valence-corrected chi connectivity index (χ0v) is 24.0. The van der Waals surface area contributed by atoms with Gasteiger partial charge in [0.05, 0.1) is 46.3 Å². The minimum Gasteiger partial charge on any atom is -0.377 e.